The lowest BCUT2D eigenvalue weighted by Crippen LogP contribution is -2.55. The minimum absolute atomic E-state index is 0.0184. The minimum Gasteiger partial charge on any atom is -0.353 e. The molecular weight excluding hydrogens is 260 g/mol. The number of amides is 1. The first kappa shape index (κ1) is 12.5. The maximum absolute atomic E-state index is 12.2. The first-order chi connectivity index (χ1) is 9.16. The molecule has 0 saturated carbocycles. The topological polar surface area (TPSA) is 32.3 Å². The summed E-state index contributed by atoms with van der Waals surface area (Å²) in [5.74, 6) is 0.456. The molecule has 100 valence electrons. The highest BCUT2D eigenvalue weighted by atomic mass is 35.5. The molecule has 4 heteroatoms. The Morgan fingerprint density at radius 2 is 2.21 bits per heavy atom. The third-order valence-corrected chi connectivity index (χ3v) is 4.27. The number of halogens is 1. The summed E-state index contributed by atoms with van der Waals surface area (Å²) < 4.78 is 0. The predicted molar refractivity (Wildman–Crippen MR) is 77.6 cm³/mol. The third kappa shape index (κ3) is 2.23. The number of nitrogens with zero attached hydrogens (tertiary/aromatic N) is 1. The van der Waals surface area contributed by atoms with Gasteiger partial charge in [-0.15, -0.1) is 0 Å². The molecule has 1 aromatic carbocycles. The van der Waals surface area contributed by atoms with E-state index in [1.165, 1.54) is 0 Å². The number of benzene rings is 1. The van der Waals surface area contributed by atoms with E-state index in [-0.39, 0.29) is 12.1 Å². The van der Waals surface area contributed by atoms with E-state index in [4.69, 9.17) is 11.6 Å². The number of carbonyl (C=O) groups excluding carboxylic acids is 1. The van der Waals surface area contributed by atoms with Gasteiger partial charge < -0.3 is 10.2 Å². The summed E-state index contributed by atoms with van der Waals surface area (Å²) in [6.07, 6.45) is 7.75. The number of allylic oxidation sites excluding steroid dienone is 2. The van der Waals surface area contributed by atoms with Crippen LogP contribution in [0.5, 0.6) is 0 Å². The number of hydrogen-bond acceptors (Lipinski definition) is 2. The van der Waals surface area contributed by atoms with E-state index in [2.05, 4.69) is 22.4 Å². The van der Waals surface area contributed by atoms with E-state index in [1.807, 2.05) is 19.2 Å². The Balaban J connectivity index is 1.93. The van der Waals surface area contributed by atoms with Crippen LogP contribution in [0.4, 0.5) is 5.69 Å². The van der Waals surface area contributed by atoms with Crippen molar-refractivity contribution in [3.63, 3.8) is 0 Å². The van der Waals surface area contributed by atoms with E-state index in [0.717, 1.165) is 24.9 Å². The van der Waals surface area contributed by atoms with Gasteiger partial charge in [-0.1, -0.05) is 23.8 Å². The van der Waals surface area contributed by atoms with Crippen LogP contribution >= 0.6 is 11.6 Å². The number of anilines is 1. The zero-order valence-electron chi connectivity index (χ0n) is 10.9. The smallest absolute Gasteiger partial charge is 0.255 e. The maximum atomic E-state index is 12.2. The van der Waals surface area contributed by atoms with Crippen molar-refractivity contribution >= 4 is 23.2 Å². The van der Waals surface area contributed by atoms with Crippen molar-refractivity contribution < 1.29 is 4.79 Å². The average Bonchev–Trinajstić information content (AvgIpc) is 2.43. The first-order valence-corrected chi connectivity index (χ1v) is 7.03. The van der Waals surface area contributed by atoms with Gasteiger partial charge in [0, 0.05) is 18.0 Å². The Morgan fingerprint density at radius 1 is 1.37 bits per heavy atom. The zero-order valence-corrected chi connectivity index (χ0v) is 11.7. The monoisotopic (exact) mass is 276 g/mol. The summed E-state index contributed by atoms with van der Waals surface area (Å²) in [5.41, 5.74) is 1.63. The summed E-state index contributed by atoms with van der Waals surface area (Å²) in [4.78, 5) is 14.4. The largest absolute Gasteiger partial charge is 0.353 e. The number of rotatable bonds is 1. The van der Waals surface area contributed by atoms with Gasteiger partial charge in [0.2, 0.25) is 0 Å². The number of fused-ring (bicyclic) bond motifs is 1. The third-order valence-electron chi connectivity index (χ3n) is 4.04. The molecular formula is C15H17ClN2O. The second-order valence-corrected chi connectivity index (χ2v) is 5.67. The molecule has 2 aliphatic rings. The summed E-state index contributed by atoms with van der Waals surface area (Å²) in [7, 11) is 2.04. The predicted octanol–water partition coefficient (Wildman–Crippen LogP) is 3.20. The molecule has 1 aromatic rings. The lowest BCUT2D eigenvalue weighted by Gasteiger charge is -2.41. The van der Waals surface area contributed by atoms with Crippen LogP contribution in [0.15, 0.2) is 30.4 Å². The van der Waals surface area contributed by atoms with E-state index >= 15 is 0 Å². The second kappa shape index (κ2) is 4.89. The standard InChI is InChI=1S/C15H17ClN2O/c1-18-13-8-7-11(16)9-12(13)15(19)17-14(18)10-5-3-2-4-6-10/h2-3,7-10,14H,4-6H2,1H3,(H,17,19)/t10-,14-/m1/s1. The fourth-order valence-electron chi connectivity index (χ4n) is 2.99. The minimum atomic E-state index is -0.0184. The van der Waals surface area contributed by atoms with Crippen LogP contribution in [0.1, 0.15) is 29.6 Å². The highest BCUT2D eigenvalue weighted by molar-refractivity contribution is 6.31. The van der Waals surface area contributed by atoms with Crippen LogP contribution < -0.4 is 10.2 Å². The molecule has 0 radical (unpaired) electrons. The lowest BCUT2D eigenvalue weighted by atomic mass is 9.89. The SMILES string of the molecule is CN1c2ccc(Cl)cc2C(=O)N[C@H]1[C@@H]1CC=CCC1. The van der Waals surface area contributed by atoms with Crippen molar-refractivity contribution in [2.75, 3.05) is 11.9 Å². The van der Waals surface area contributed by atoms with Gasteiger partial charge in [-0.2, -0.15) is 0 Å². The van der Waals surface area contributed by atoms with Gasteiger partial charge in [-0.3, -0.25) is 4.79 Å². The summed E-state index contributed by atoms with van der Waals surface area (Å²) in [5, 5.41) is 3.71. The van der Waals surface area contributed by atoms with Gasteiger partial charge in [0.15, 0.2) is 0 Å². The average molecular weight is 277 g/mol. The molecule has 3 nitrogen and oxygen atoms in total. The van der Waals surface area contributed by atoms with Gasteiger partial charge in [0.05, 0.1) is 11.3 Å². The van der Waals surface area contributed by atoms with Crippen LogP contribution in [0.3, 0.4) is 0 Å². The molecule has 1 heterocycles. The number of hydrogen-bond donors (Lipinski definition) is 1. The molecule has 2 atom stereocenters. The van der Waals surface area contributed by atoms with Crippen molar-refractivity contribution in [2.24, 2.45) is 5.92 Å². The molecule has 1 N–H and O–H groups in total. The molecule has 0 unspecified atom stereocenters. The first-order valence-electron chi connectivity index (χ1n) is 6.65. The van der Waals surface area contributed by atoms with Crippen molar-refractivity contribution in [1.82, 2.24) is 5.32 Å². The summed E-state index contributed by atoms with van der Waals surface area (Å²) in [6, 6.07) is 5.51. The van der Waals surface area contributed by atoms with Crippen LogP contribution in [-0.4, -0.2) is 19.1 Å². The molecule has 1 aliphatic heterocycles. The molecule has 0 spiro atoms. The van der Waals surface area contributed by atoms with Crippen molar-refractivity contribution in [2.45, 2.75) is 25.4 Å². The van der Waals surface area contributed by atoms with Gasteiger partial charge in [0.1, 0.15) is 6.17 Å². The van der Waals surface area contributed by atoms with Gasteiger partial charge in [-0.25, -0.2) is 0 Å². The Kier molecular flexibility index (Phi) is 3.23. The molecule has 19 heavy (non-hydrogen) atoms. The molecule has 3 rings (SSSR count). The lowest BCUT2D eigenvalue weighted by molar-refractivity contribution is 0.0908. The Labute approximate surface area is 118 Å². The summed E-state index contributed by atoms with van der Waals surface area (Å²) >= 11 is 5.97. The molecule has 0 aromatic heterocycles. The van der Waals surface area contributed by atoms with Crippen LogP contribution in [0.25, 0.3) is 0 Å². The van der Waals surface area contributed by atoms with Crippen molar-refractivity contribution in [3.8, 4) is 0 Å². The Bertz CT molecular complexity index is 541. The quantitative estimate of drug-likeness (QED) is 0.799. The second-order valence-electron chi connectivity index (χ2n) is 5.24. The highest BCUT2D eigenvalue weighted by Crippen LogP contribution is 2.33. The number of nitrogens with one attached hydrogen (secondary N) is 1. The van der Waals surface area contributed by atoms with Crippen molar-refractivity contribution in [3.05, 3.63) is 40.9 Å². The molecule has 1 aliphatic carbocycles. The number of carbonyl (C=O) groups is 1. The van der Waals surface area contributed by atoms with E-state index in [9.17, 15) is 4.79 Å². The fraction of sp³-hybridized carbons (Fsp3) is 0.400. The zero-order chi connectivity index (χ0) is 13.4. The Hall–Kier alpha value is -1.48. The van der Waals surface area contributed by atoms with Crippen LogP contribution in [0, 0.1) is 5.92 Å². The normalized spacial score (nSPS) is 26.0. The molecule has 0 fully saturated rings. The summed E-state index contributed by atoms with van der Waals surface area (Å²) in [6.45, 7) is 0. The Morgan fingerprint density at radius 3 is 2.95 bits per heavy atom. The van der Waals surface area contributed by atoms with Gasteiger partial charge >= 0.3 is 0 Å². The van der Waals surface area contributed by atoms with E-state index < -0.39 is 0 Å². The maximum Gasteiger partial charge on any atom is 0.255 e. The van der Waals surface area contributed by atoms with Crippen LogP contribution in [0.2, 0.25) is 5.02 Å². The van der Waals surface area contributed by atoms with E-state index in [0.29, 0.717) is 16.5 Å². The van der Waals surface area contributed by atoms with Gasteiger partial charge in [-0.05, 0) is 37.5 Å². The molecule has 1 amide bonds. The molecule has 0 bridgehead atoms. The fourth-order valence-corrected chi connectivity index (χ4v) is 3.17. The highest BCUT2D eigenvalue weighted by Gasteiger charge is 2.33. The molecule has 0 saturated heterocycles. The van der Waals surface area contributed by atoms with Crippen LogP contribution in [-0.2, 0) is 0 Å². The van der Waals surface area contributed by atoms with Gasteiger partial charge in [0.25, 0.3) is 5.91 Å². The van der Waals surface area contributed by atoms with E-state index in [1.54, 1.807) is 6.07 Å². The van der Waals surface area contributed by atoms with Crippen molar-refractivity contribution in [1.29, 1.82) is 0 Å².